The van der Waals surface area contributed by atoms with Crippen molar-refractivity contribution < 1.29 is 14.6 Å². The minimum absolute atomic E-state index is 0.0138. The van der Waals surface area contributed by atoms with E-state index in [1.807, 2.05) is 0 Å². The number of hydrogen-bond acceptors (Lipinski definition) is 3. The number of phenolic OH excluding ortho intramolecular Hbond substituents is 1. The maximum absolute atomic E-state index is 10.9. The van der Waals surface area contributed by atoms with Crippen molar-refractivity contribution in [1.29, 1.82) is 0 Å². The van der Waals surface area contributed by atoms with Gasteiger partial charge < -0.3 is 14.6 Å². The normalized spacial score (nSPS) is 19.9. The third-order valence-corrected chi connectivity index (χ3v) is 5.14. The SMILES string of the molecule is CO[C@@H]1CCC(C)(C)Oc2c(O)c(C(C)C)cc3ccc(C)c1c23. The second-order valence-corrected chi connectivity index (χ2v) is 7.82. The van der Waals surface area contributed by atoms with Gasteiger partial charge in [-0.1, -0.05) is 26.0 Å². The summed E-state index contributed by atoms with van der Waals surface area (Å²) in [5, 5.41) is 13.0. The lowest BCUT2D eigenvalue weighted by Gasteiger charge is -2.34. The molecule has 0 bridgehead atoms. The van der Waals surface area contributed by atoms with Crippen LogP contribution in [0, 0.1) is 6.92 Å². The molecule has 1 aliphatic rings. The smallest absolute Gasteiger partial charge is 0.170 e. The second kappa shape index (κ2) is 5.96. The number of benzene rings is 2. The van der Waals surface area contributed by atoms with Gasteiger partial charge in [0.15, 0.2) is 11.5 Å². The van der Waals surface area contributed by atoms with Crippen LogP contribution in [0.15, 0.2) is 18.2 Å². The highest BCUT2D eigenvalue weighted by Gasteiger charge is 2.32. The number of methoxy groups -OCH3 is 1. The van der Waals surface area contributed by atoms with E-state index in [-0.39, 0.29) is 23.4 Å². The molecular weight excluding hydrogens is 300 g/mol. The van der Waals surface area contributed by atoms with Gasteiger partial charge in [-0.2, -0.15) is 0 Å². The van der Waals surface area contributed by atoms with Crippen LogP contribution in [0.1, 0.15) is 69.2 Å². The summed E-state index contributed by atoms with van der Waals surface area (Å²) < 4.78 is 12.2. The van der Waals surface area contributed by atoms with Crippen molar-refractivity contribution in [3.05, 3.63) is 34.9 Å². The predicted octanol–water partition coefficient (Wildman–Crippen LogP) is 5.62. The van der Waals surface area contributed by atoms with Gasteiger partial charge in [0.05, 0.1) is 6.10 Å². The third kappa shape index (κ3) is 2.75. The van der Waals surface area contributed by atoms with Gasteiger partial charge >= 0.3 is 0 Å². The van der Waals surface area contributed by atoms with E-state index in [9.17, 15) is 5.11 Å². The first-order valence-electron chi connectivity index (χ1n) is 8.76. The average molecular weight is 328 g/mol. The molecule has 2 aromatic carbocycles. The largest absolute Gasteiger partial charge is 0.504 e. The number of aryl methyl sites for hydroxylation is 1. The lowest BCUT2D eigenvalue weighted by Crippen LogP contribution is -2.30. The molecule has 0 fully saturated rings. The summed E-state index contributed by atoms with van der Waals surface area (Å²) in [5.41, 5.74) is 2.90. The van der Waals surface area contributed by atoms with Crippen molar-refractivity contribution in [2.45, 2.75) is 65.1 Å². The quantitative estimate of drug-likeness (QED) is 0.778. The Hall–Kier alpha value is -1.74. The first-order chi connectivity index (χ1) is 11.2. The molecule has 3 rings (SSSR count). The van der Waals surface area contributed by atoms with Crippen LogP contribution in [0.25, 0.3) is 10.8 Å². The van der Waals surface area contributed by atoms with Gasteiger partial charge in [0.1, 0.15) is 5.60 Å². The molecule has 0 spiro atoms. The van der Waals surface area contributed by atoms with E-state index in [1.165, 1.54) is 5.56 Å². The lowest BCUT2D eigenvalue weighted by molar-refractivity contribution is 0.0441. The van der Waals surface area contributed by atoms with Gasteiger partial charge in [-0.25, -0.2) is 0 Å². The van der Waals surface area contributed by atoms with E-state index in [2.05, 4.69) is 52.8 Å². The maximum Gasteiger partial charge on any atom is 0.170 e. The minimum atomic E-state index is -0.349. The van der Waals surface area contributed by atoms with Crippen molar-refractivity contribution in [2.24, 2.45) is 0 Å². The molecule has 0 saturated heterocycles. The van der Waals surface area contributed by atoms with E-state index in [0.717, 1.165) is 34.7 Å². The van der Waals surface area contributed by atoms with E-state index in [0.29, 0.717) is 5.75 Å². The highest BCUT2D eigenvalue weighted by molar-refractivity contribution is 5.96. The van der Waals surface area contributed by atoms with E-state index >= 15 is 0 Å². The van der Waals surface area contributed by atoms with Crippen LogP contribution < -0.4 is 4.74 Å². The molecule has 1 N–H and O–H groups in total. The summed E-state index contributed by atoms with van der Waals surface area (Å²) in [4.78, 5) is 0. The van der Waals surface area contributed by atoms with Crippen LogP contribution in [0.5, 0.6) is 11.5 Å². The zero-order valence-corrected chi connectivity index (χ0v) is 15.6. The molecule has 130 valence electrons. The molecular formula is C21H28O3. The predicted molar refractivity (Wildman–Crippen MR) is 98.1 cm³/mol. The van der Waals surface area contributed by atoms with Crippen molar-refractivity contribution in [3.8, 4) is 11.5 Å². The number of hydrogen-bond donors (Lipinski definition) is 1. The number of phenols is 1. The lowest BCUT2D eigenvalue weighted by atomic mass is 9.86. The summed E-state index contributed by atoms with van der Waals surface area (Å²) in [7, 11) is 1.76. The Labute approximate surface area is 144 Å². The Bertz CT molecular complexity index is 774. The van der Waals surface area contributed by atoms with Gasteiger partial charge in [0.25, 0.3) is 0 Å². The molecule has 24 heavy (non-hydrogen) atoms. The molecule has 0 radical (unpaired) electrons. The average Bonchev–Trinajstić information content (AvgIpc) is 2.50. The highest BCUT2D eigenvalue weighted by Crippen LogP contribution is 2.49. The molecule has 2 aromatic rings. The molecule has 1 atom stereocenters. The van der Waals surface area contributed by atoms with Gasteiger partial charge in [-0.15, -0.1) is 0 Å². The van der Waals surface area contributed by atoms with Gasteiger partial charge in [0.2, 0.25) is 0 Å². The molecule has 0 aromatic heterocycles. The Balaban J connectivity index is 2.44. The fraction of sp³-hybridized carbons (Fsp3) is 0.524. The summed E-state index contributed by atoms with van der Waals surface area (Å²) in [5.74, 6) is 1.11. The first kappa shape index (κ1) is 17.1. The summed E-state index contributed by atoms with van der Waals surface area (Å²) in [6, 6.07) is 6.35. The molecule has 3 heteroatoms. The number of rotatable bonds is 2. The van der Waals surface area contributed by atoms with E-state index in [1.54, 1.807) is 7.11 Å². The van der Waals surface area contributed by atoms with Crippen LogP contribution in [-0.2, 0) is 4.74 Å². The Morgan fingerprint density at radius 2 is 2.00 bits per heavy atom. The first-order valence-corrected chi connectivity index (χ1v) is 8.76. The highest BCUT2D eigenvalue weighted by atomic mass is 16.5. The Kier molecular flexibility index (Phi) is 4.25. The molecule has 1 heterocycles. The number of ether oxygens (including phenoxy) is 2. The molecule has 0 aliphatic carbocycles. The third-order valence-electron chi connectivity index (χ3n) is 5.14. The molecule has 1 aliphatic heterocycles. The zero-order valence-electron chi connectivity index (χ0n) is 15.6. The minimum Gasteiger partial charge on any atom is -0.504 e. The topological polar surface area (TPSA) is 38.7 Å². The van der Waals surface area contributed by atoms with Gasteiger partial charge in [-0.05, 0) is 62.1 Å². The molecule has 0 amide bonds. The summed E-state index contributed by atoms with van der Waals surface area (Å²) in [6.07, 6.45) is 1.78. The van der Waals surface area contributed by atoms with Crippen LogP contribution in [0.3, 0.4) is 0 Å². The van der Waals surface area contributed by atoms with Crippen molar-refractivity contribution in [1.82, 2.24) is 0 Å². The van der Waals surface area contributed by atoms with Gasteiger partial charge in [0, 0.05) is 18.1 Å². The number of aromatic hydroxyl groups is 1. The van der Waals surface area contributed by atoms with Crippen LogP contribution in [0.2, 0.25) is 0 Å². The Morgan fingerprint density at radius 3 is 2.62 bits per heavy atom. The van der Waals surface area contributed by atoms with Gasteiger partial charge in [-0.3, -0.25) is 0 Å². The standard InChI is InChI=1S/C21H28O3/c1-12(2)15-11-14-8-7-13(3)17-16(23-6)9-10-21(4,5)24-20(18(14)17)19(15)22/h7-8,11-12,16,22H,9-10H2,1-6H3/t16-/m1/s1. The van der Waals surface area contributed by atoms with Crippen LogP contribution >= 0.6 is 0 Å². The fourth-order valence-corrected chi connectivity index (χ4v) is 3.74. The van der Waals surface area contributed by atoms with Crippen LogP contribution in [0.4, 0.5) is 0 Å². The fourth-order valence-electron chi connectivity index (χ4n) is 3.74. The van der Waals surface area contributed by atoms with E-state index in [4.69, 9.17) is 9.47 Å². The zero-order chi connectivity index (χ0) is 17.6. The maximum atomic E-state index is 10.9. The monoisotopic (exact) mass is 328 g/mol. The molecule has 0 unspecified atom stereocenters. The molecule has 0 saturated carbocycles. The van der Waals surface area contributed by atoms with Crippen molar-refractivity contribution in [3.63, 3.8) is 0 Å². The van der Waals surface area contributed by atoms with Crippen molar-refractivity contribution in [2.75, 3.05) is 7.11 Å². The Morgan fingerprint density at radius 1 is 1.29 bits per heavy atom. The summed E-state index contributed by atoms with van der Waals surface area (Å²) >= 11 is 0. The van der Waals surface area contributed by atoms with Crippen molar-refractivity contribution >= 4 is 10.8 Å². The summed E-state index contributed by atoms with van der Waals surface area (Å²) in [6.45, 7) is 10.4. The molecule has 3 nitrogen and oxygen atoms in total. The van der Waals surface area contributed by atoms with Crippen LogP contribution in [-0.4, -0.2) is 17.8 Å². The second-order valence-electron chi connectivity index (χ2n) is 7.82. The van der Waals surface area contributed by atoms with E-state index < -0.39 is 0 Å².